The van der Waals surface area contributed by atoms with E-state index in [0.717, 1.165) is 0 Å². The summed E-state index contributed by atoms with van der Waals surface area (Å²) in [5.74, 6) is -4.82. The smallest absolute Gasteiger partial charge is 0.223 e. The summed E-state index contributed by atoms with van der Waals surface area (Å²) in [4.78, 5) is 0. The van der Waals surface area contributed by atoms with E-state index in [2.05, 4.69) is 11.6 Å². The molecule has 0 aliphatic carbocycles. The molecule has 0 N–H and O–H groups in total. The SMILES string of the molecule is F[C](F)C(F)(F)C(F)Cl. The molecule has 0 heterocycles. The number of hydrogen-bond donors (Lipinski definition) is 0. The lowest BCUT2D eigenvalue weighted by atomic mass is 10.4. The molecule has 0 fully saturated rings. The first-order valence-electron chi connectivity index (χ1n) is 1.73. The molecule has 0 nitrogen and oxygen atoms in total. The summed E-state index contributed by atoms with van der Waals surface area (Å²) < 4.78 is 55.8. The van der Waals surface area contributed by atoms with Crippen LogP contribution in [0.5, 0.6) is 0 Å². The van der Waals surface area contributed by atoms with E-state index in [1.54, 1.807) is 0 Å². The number of rotatable bonds is 2. The van der Waals surface area contributed by atoms with Crippen LogP contribution in [0.1, 0.15) is 0 Å². The quantitative estimate of drug-likeness (QED) is 0.438. The molecular formula is C3HClF5. The Hall–Kier alpha value is -0.0600. The number of halogens is 6. The summed E-state index contributed by atoms with van der Waals surface area (Å²) in [6, 6.07) is 0. The highest BCUT2D eigenvalue weighted by molar-refractivity contribution is 6.20. The molecule has 1 radical (unpaired) electrons. The van der Waals surface area contributed by atoms with E-state index >= 15 is 0 Å². The molecule has 0 aliphatic rings. The Morgan fingerprint density at radius 2 is 1.67 bits per heavy atom. The Labute approximate surface area is 52.6 Å². The Morgan fingerprint density at radius 3 is 1.67 bits per heavy atom. The van der Waals surface area contributed by atoms with Gasteiger partial charge in [-0.1, -0.05) is 11.6 Å². The van der Waals surface area contributed by atoms with Gasteiger partial charge in [-0.15, -0.1) is 0 Å². The van der Waals surface area contributed by atoms with Crippen LogP contribution in [0.25, 0.3) is 0 Å². The van der Waals surface area contributed by atoms with Gasteiger partial charge in [-0.25, -0.2) is 4.39 Å². The fourth-order valence-corrected chi connectivity index (χ4v) is 0.165. The minimum absolute atomic E-state index is 3.31. The standard InChI is InChI=1S/C3HClF5/c4-1(5)3(8,9)2(6)7/h1H. The third-order valence-electron chi connectivity index (χ3n) is 0.526. The van der Waals surface area contributed by atoms with Crippen molar-refractivity contribution >= 4 is 11.6 Å². The van der Waals surface area contributed by atoms with Crippen molar-refractivity contribution in [2.45, 2.75) is 11.6 Å². The van der Waals surface area contributed by atoms with Crippen molar-refractivity contribution in [3.8, 4) is 0 Å². The van der Waals surface area contributed by atoms with Gasteiger partial charge in [0.25, 0.3) is 0 Å². The van der Waals surface area contributed by atoms with E-state index in [4.69, 9.17) is 0 Å². The third kappa shape index (κ3) is 1.97. The Kier molecular flexibility index (Phi) is 2.66. The lowest BCUT2D eigenvalue weighted by Crippen LogP contribution is -2.28. The van der Waals surface area contributed by atoms with Gasteiger partial charge in [-0.05, 0) is 0 Å². The van der Waals surface area contributed by atoms with Gasteiger partial charge in [0.2, 0.25) is 5.63 Å². The topological polar surface area (TPSA) is 0 Å². The van der Waals surface area contributed by atoms with Gasteiger partial charge in [0.1, 0.15) is 0 Å². The first kappa shape index (κ1) is 8.94. The molecular weight excluding hydrogens is 166 g/mol. The summed E-state index contributed by atoms with van der Waals surface area (Å²) in [7, 11) is 0. The van der Waals surface area contributed by atoms with Gasteiger partial charge >= 0.3 is 12.3 Å². The fraction of sp³-hybridized carbons (Fsp3) is 0.667. The zero-order valence-electron chi connectivity index (χ0n) is 3.85. The third-order valence-corrected chi connectivity index (χ3v) is 0.800. The maximum atomic E-state index is 11.4. The highest BCUT2D eigenvalue weighted by Gasteiger charge is 2.50. The van der Waals surface area contributed by atoms with Crippen LogP contribution in [0.15, 0.2) is 0 Å². The monoisotopic (exact) mass is 167 g/mol. The van der Waals surface area contributed by atoms with Crippen LogP contribution in [0.3, 0.4) is 0 Å². The molecule has 0 aliphatic heterocycles. The minimum Gasteiger partial charge on any atom is -0.223 e. The maximum Gasteiger partial charge on any atom is 0.382 e. The predicted octanol–water partition coefficient (Wildman–Crippen LogP) is 2.58. The molecule has 0 aromatic carbocycles. The van der Waals surface area contributed by atoms with Crippen LogP contribution in [-0.4, -0.2) is 11.6 Å². The highest BCUT2D eigenvalue weighted by Crippen LogP contribution is 2.35. The summed E-state index contributed by atoms with van der Waals surface area (Å²) in [5, 5.41) is 0. The van der Waals surface area contributed by atoms with Crippen LogP contribution in [0, 0.1) is 6.43 Å². The van der Waals surface area contributed by atoms with Crippen molar-refractivity contribution in [1.82, 2.24) is 0 Å². The molecule has 0 bridgehead atoms. The van der Waals surface area contributed by atoms with Gasteiger partial charge in [-0.3, -0.25) is 0 Å². The summed E-state index contributed by atoms with van der Waals surface area (Å²) in [6.45, 7) is 0. The van der Waals surface area contributed by atoms with Crippen LogP contribution < -0.4 is 0 Å². The summed E-state index contributed by atoms with van der Waals surface area (Å²) >= 11 is 4.05. The summed E-state index contributed by atoms with van der Waals surface area (Å²) in [5.41, 5.74) is -3.36. The van der Waals surface area contributed by atoms with Crippen molar-refractivity contribution < 1.29 is 22.0 Å². The Morgan fingerprint density at radius 1 is 1.33 bits per heavy atom. The van der Waals surface area contributed by atoms with Crippen molar-refractivity contribution in [3.63, 3.8) is 0 Å². The van der Waals surface area contributed by atoms with Crippen molar-refractivity contribution in [1.29, 1.82) is 0 Å². The minimum atomic E-state index is -4.82. The van der Waals surface area contributed by atoms with Crippen molar-refractivity contribution in [2.75, 3.05) is 0 Å². The van der Waals surface area contributed by atoms with Crippen LogP contribution in [0.4, 0.5) is 22.0 Å². The van der Waals surface area contributed by atoms with E-state index in [9.17, 15) is 22.0 Å². The Balaban J connectivity index is 4.01. The first-order valence-corrected chi connectivity index (χ1v) is 2.17. The van der Waals surface area contributed by atoms with Crippen LogP contribution in [0.2, 0.25) is 0 Å². The highest BCUT2D eigenvalue weighted by atomic mass is 35.5. The van der Waals surface area contributed by atoms with Gasteiger partial charge in [0.15, 0.2) is 0 Å². The molecule has 0 saturated carbocycles. The second kappa shape index (κ2) is 2.68. The fourth-order valence-electron chi connectivity index (χ4n) is 0.0825. The first-order chi connectivity index (χ1) is 3.89. The average Bonchev–Trinajstić information content (AvgIpc) is 1.65. The second-order valence-corrected chi connectivity index (χ2v) is 1.57. The van der Waals surface area contributed by atoms with E-state index in [-0.39, 0.29) is 0 Å². The van der Waals surface area contributed by atoms with E-state index in [0.29, 0.717) is 0 Å². The van der Waals surface area contributed by atoms with E-state index < -0.39 is 18.0 Å². The van der Waals surface area contributed by atoms with Crippen molar-refractivity contribution in [2.24, 2.45) is 0 Å². The molecule has 1 atom stereocenters. The molecule has 0 amide bonds. The molecule has 0 aromatic rings. The zero-order valence-corrected chi connectivity index (χ0v) is 4.60. The predicted molar refractivity (Wildman–Crippen MR) is 21.2 cm³/mol. The lowest BCUT2D eigenvalue weighted by molar-refractivity contribution is -0.0889. The maximum absolute atomic E-state index is 11.4. The largest absolute Gasteiger partial charge is 0.382 e. The molecule has 1 unspecified atom stereocenters. The summed E-state index contributed by atoms with van der Waals surface area (Å²) in [6.07, 6.45) is -3.31. The second-order valence-electron chi connectivity index (χ2n) is 1.18. The normalized spacial score (nSPS) is 16.3. The van der Waals surface area contributed by atoms with Gasteiger partial charge in [-0.2, -0.15) is 17.6 Å². The van der Waals surface area contributed by atoms with Crippen LogP contribution >= 0.6 is 11.6 Å². The molecule has 6 heteroatoms. The molecule has 9 heavy (non-hydrogen) atoms. The van der Waals surface area contributed by atoms with E-state index in [1.807, 2.05) is 0 Å². The van der Waals surface area contributed by atoms with Gasteiger partial charge < -0.3 is 0 Å². The molecule has 0 rings (SSSR count). The average molecular weight is 167 g/mol. The lowest BCUT2D eigenvalue weighted by Gasteiger charge is -2.11. The number of alkyl halides is 4. The van der Waals surface area contributed by atoms with Gasteiger partial charge in [0, 0.05) is 0 Å². The van der Waals surface area contributed by atoms with Crippen LogP contribution in [-0.2, 0) is 0 Å². The number of hydrogen-bond acceptors (Lipinski definition) is 0. The molecule has 0 spiro atoms. The van der Waals surface area contributed by atoms with Crippen molar-refractivity contribution in [3.05, 3.63) is 6.43 Å². The molecule has 0 aromatic heterocycles. The molecule has 0 saturated heterocycles. The van der Waals surface area contributed by atoms with Gasteiger partial charge in [0.05, 0.1) is 0 Å². The zero-order chi connectivity index (χ0) is 7.65. The molecule has 55 valence electrons. The Bertz CT molecular complexity index is 80.2. The van der Waals surface area contributed by atoms with E-state index in [1.165, 1.54) is 0 Å².